The van der Waals surface area contributed by atoms with E-state index in [1.807, 2.05) is 30.1 Å². The molecule has 1 N–H and O–H groups in total. The fraction of sp³-hybridized carbons (Fsp3) is 0.550. The molecule has 1 atom stereocenters. The van der Waals surface area contributed by atoms with Crippen molar-refractivity contribution in [1.29, 1.82) is 0 Å². The summed E-state index contributed by atoms with van der Waals surface area (Å²) < 4.78 is 7.63. The third-order valence-corrected chi connectivity index (χ3v) is 4.71. The topological polar surface area (TPSA) is 67.6 Å². The van der Waals surface area contributed by atoms with Crippen molar-refractivity contribution < 1.29 is 4.74 Å². The Kier molecular flexibility index (Phi) is 6.68. The minimum Gasteiger partial charge on any atom is -0.477 e. The summed E-state index contributed by atoms with van der Waals surface area (Å²) in [5.41, 5.74) is 2.32. The number of likely N-dealkylation sites (tertiary alicyclic amines) is 1. The summed E-state index contributed by atoms with van der Waals surface area (Å²) in [4.78, 5) is 11.6. The second-order valence-corrected chi connectivity index (χ2v) is 6.87. The zero-order valence-electron chi connectivity index (χ0n) is 16.6. The van der Waals surface area contributed by atoms with Crippen molar-refractivity contribution in [3.05, 3.63) is 41.9 Å². The number of hydrogen-bond acceptors (Lipinski definition) is 4. The highest BCUT2D eigenvalue weighted by Gasteiger charge is 2.26. The normalized spacial score (nSPS) is 17.4. The minimum atomic E-state index is 0.504. The zero-order valence-corrected chi connectivity index (χ0v) is 16.6. The lowest BCUT2D eigenvalue weighted by Gasteiger charge is -2.21. The van der Waals surface area contributed by atoms with Crippen LogP contribution in [0.2, 0.25) is 0 Å². The number of pyridine rings is 1. The Hall–Kier alpha value is -2.57. The Morgan fingerprint density at radius 3 is 3.04 bits per heavy atom. The lowest BCUT2D eigenvalue weighted by atomic mass is 10.0. The number of aromatic nitrogens is 3. The van der Waals surface area contributed by atoms with Gasteiger partial charge in [0.2, 0.25) is 5.88 Å². The maximum Gasteiger partial charge on any atom is 0.218 e. The minimum absolute atomic E-state index is 0.504. The predicted molar refractivity (Wildman–Crippen MR) is 107 cm³/mol. The number of aryl methyl sites for hydroxylation is 1. The maximum atomic E-state index is 5.76. The van der Waals surface area contributed by atoms with Crippen LogP contribution < -0.4 is 10.1 Å². The molecule has 1 aliphatic heterocycles. The smallest absolute Gasteiger partial charge is 0.218 e. The average Bonchev–Trinajstić information content (AvgIpc) is 3.33. The number of nitrogens with zero attached hydrogens (tertiary/aromatic N) is 5. The van der Waals surface area contributed by atoms with Gasteiger partial charge in [-0.2, -0.15) is 5.10 Å². The molecular weight excluding hydrogens is 340 g/mol. The number of hydrogen-bond donors (Lipinski definition) is 1. The van der Waals surface area contributed by atoms with Gasteiger partial charge in [-0.3, -0.25) is 4.68 Å². The molecule has 7 nitrogen and oxygen atoms in total. The first-order chi connectivity index (χ1) is 13.2. The Balaban J connectivity index is 1.69. The summed E-state index contributed by atoms with van der Waals surface area (Å²) in [5, 5.41) is 7.74. The van der Waals surface area contributed by atoms with E-state index < -0.39 is 0 Å². The molecule has 7 heteroatoms. The number of guanidine groups is 1. The first-order valence-electron chi connectivity index (χ1n) is 9.79. The Labute approximate surface area is 161 Å². The molecule has 0 bridgehead atoms. The fourth-order valence-electron chi connectivity index (χ4n) is 3.33. The highest BCUT2D eigenvalue weighted by molar-refractivity contribution is 5.80. The van der Waals surface area contributed by atoms with Gasteiger partial charge in [0.15, 0.2) is 5.96 Å². The summed E-state index contributed by atoms with van der Waals surface area (Å²) in [6, 6.07) is 3.97. The summed E-state index contributed by atoms with van der Waals surface area (Å²) >= 11 is 0. The molecule has 2 aromatic heterocycles. The van der Waals surface area contributed by atoms with E-state index in [0.29, 0.717) is 24.9 Å². The van der Waals surface area contributed by atoms with Crippen molar-refractivity contribution in [2.45, 2.75) is 39.2 Å². The van der Waals surface area contributed by atoms with E-state index in [2.05, 4.69) is 40.3 Å². The molecule has 0 saturated carbocycles. The van der Waals surface area contributed by atoms with Crippen LogP contribution in [-0.2, 0) is 13.6 Å². The van der Waals surface area contributed by atoms with E-state index in [-0.39, 0.29) is 0 Å². The van der Waals surface area contributed by atoms with Gasteiger partial charge in [-0.1, -0.05) is 13.0 Å². The molecule has 1 aliphatic rings. The molecule has 0 amide bonds. The number of nitrogens with one attached hydrogen (secondary N) is 1. The summed E-state index contributed by atoms with van der Waals surface area (Å²) in [6.07, 6.45) is 7.94. The van der Waals surface area contributed by atoms with E-state index >= 15 is 0 Å². The van der Waals surface area contributed by atoms with Gasteiger partial charge in [-0.25, -0.2) is 9.98 Å². The van der Waals surface area contributed by atoms with E-state index in [1.54, 1.807) is 6.20 Å². The van der Waals surface area contributed by atoms with Gasteiger partial charge in [0.05, 0.1) is 19.3 Å². The van der Waals surface area contributed by atoms with Crippen LogP contribution in [0.1, 0.15) is 43.7 Å². The molecule has 2 aromatic rings. The Bertz CT molecular complexity index is 756. The van der Waals surface area contributed by atoms with E-state index in [4.69, 9.17) is 9.73 Å². The molecule has 0 aromatic carbocycles. The number of rotatable bonds is 7. The maximum absolute atomic E-state index is 5.76. The molecule has 3 heterocycles. The summed E-state index contributed by atoms with van der Waals surface area (Å²) in [6.45, 7) is 8.23. The molecule has 1 saturated heterocycles. The van der Waals surface area contributed by atoms with Crippen molar-refractivity contribution in [3.8, 4) is 5.88 Å². The molecule has 0 aliphatic carbocycles. The largest absolute Gasteiger partial charge is 0.477 e. The SMILES string of the molecule is CCCOc1ncccc1CN=C(NCC)N1CCC(c2cnn(C)c2)C1. The van der Waals surface area contributed by atoms with E-state index in [0.717, 1.165) is 44.0 Å². The highest BCUT2D eigenvalue weighted by Crippen LogP contribution is 2.27. The molecule has 3 rings (SSSR count). The zero-order chi connectivity index (χ0) is 19.1. The quantitative estimate of drug-likeness (QED) is 0.599. The van der Waals surface area contributed by atoms with Gasteiger partial charge in [-0.05, 0) is 31.4 Å². The van der Waals surface area contributed by atoms with Crippen molar-refractivity contribution in [2.24, 2.45) is 12.0 Å². The number of ether oxygens (including phenoxy) is 1. The first-order valence-corrected chi connectivity index (χ1v) is 9.79. The third kappa shape index (κ3) is 4.99. The predicted octanol–water partition coefficient (Wildman–Crippen LogP) is 2.56. The van der Waals surface area contributed by atoms with Gasteiger partial charge in [-0.15, -0.1) is 0 Å². The van der Waals surface area contributed by atoms with Crippen molar-refractivity contribution in [3.63, 3.8) is 0 Å². The van der Waals surface area contributed by atoms with Crippen molar-refractivity contribution in [2.75, 3.05) is 26.2 Å². The van der Waals surface area contributed by atoms with Gasteiger partial charge >= 0.3 is 0 Å². The standard InChI is InChI=1S/C20H30N6O/c1-4-11-27-19-16(7-6-9-22-19)12-23-20(21-5-2)26-10-8-17(15-26)18-13-24-25(3)14-18/h6-7,9,13-14,17H,4-5,8,10-12,15H2,1-3H3,(H,21,23). The molecule has 0 radical (unpaired) electrons. The summed E-state index contributed by atoms with van der Waals surface area (Å²) in [7, 11) is 1.97. The molecule has 0 spiro atoms. The molecule has 1 fully saturated rings. The van der Waals surface area contributed by atoms with Crippen molar-refractivity contribution >= 4 is 5.96 Å². The van der Waals surface area contributed by atoms with Crippen LogP contribution in [0.3, 0.4) is 0 Å². The fourth-order valence-corrected chi connectivity index (χ4v) is 3.33. The van der Waals surface area contributed by atoms with E-state index in [9.17, 15) is 0 Å². The van der Waals surface area contributed by atoms with Crippen molar-refractivity contribution in [1.82, 2.24) is 25.0 Å². The van der Waals surface area contributed by atoms with Gasteiger partial charge in [0.1, 0.15) is 0 Å². The van der Waals surface area contributed by atoms with Crippen LogP contribution in [0.4, 0.5) is 0 Å². The van der Waals surface area contributed by atoms with Crippen LogP contribution in [0.25, 0.3) is 0 Å². The average molecular weight is 371 g/mol. The molecule has 27 heavy (non-hydrogen) atoms. The molecular formula is C20H30N6O. The second-order valence-electron chi connectivity index (χ2n) is 6.87. The van der Waals surface area contributed by atoms with Gasteiger partial charge in [0.25, 0.3) is 0 Å². The van der Waals surface area contributed by atoms with Crippen LogP contribution in [0.15, 0.2) is 35.7 Å². The van der Waals surface area contributed by atoms with Gasteiger partial charge in [0, 0.05) is 50.6 Å². The molecule has 1 unspecified atom stereocenters. The lowest BCUT2D eigenvalue weighted by molar-refractivity contribution is 0.302. The monoisotopic (exact) mass is 370 g/mol. The van der Waals surface area contributed by atoms with Crippen LogP contribution in [0, 0.1) is 0 Å². The third-order valence-electron chi connectivity index (χ3n) is 4.71. The summed E-state index contributed by atoms with van der Waals surface area (Å²) in [5.74, 6) is 2.15. The Morgan fingerprint density at radius 2 is 2.30 bits per heavy atom. The van der Waals surface area contributed by atoms with Crippen LogP contribution in [0.5, 0.6) is 5.88 Å². The Morgan fingerprint density at radius 1 is 1.41 bits per heavy atom. The second kappa shape index (κ2) is 9.39. The van der Waals surface area contributed by atoms with Crippen LogP contribution in [-0.4, -0.2) is 51.9 Å². The van der Waals surface area contributed by atoms with Gasteiger partial charge < -0.3 is 15.0 Å². The first kappa shape index (κ1) is 19.2. The highest BCUT2D eigenvalue weighted by atomic mass is 16.5. The van der Waals surface area contributed by atoms with Crippen LogP contribution >= 0.6 is 0 Å². The lowest BCUT2D eigenvalue weighted by Crippen LogP contribution is -2.40. The number of aliphatic imine (C=N–C) groups is 1. The van der Waals surface area contributed by atoms with E-state index in [1.165, 1.54) is 5.56 Å². The molecule has 146 valence electrons.